The van der Waals surface area contributed by atoms with Crippen molar-refractivity contribution in [2.45, 2.75) is 6.18 Å². The largest absolute Gasteiger partial charge is 0.418 e. The van der Waals surface area contributed by atoms with Crippen LogP contribution in [-0.2, 0) is 6.18 Å². The van der Waals surface area contributed by atoms with Crippen molar-refractivity contribution in [1.29, 1.82) is 0 Å². The fourth-order valence-electron chi connectivity index (χ4n) is 1.23. The molecule has 0 N–H and O–H groups in total. The Morgan fingerprint density at radius 3 is 2.53 bits per heavy atom. The Hall–Kier alpha value is -1.85. The first-order valence-electron chi connectivity index (χ1n) is 4.08. The Morgan fingerprint density at radius 2 is 1.93 bits per heavy atom. The fraction of sp³-hybridized carbons (Fsp3) is 0.111. The lowest BCUT2D eigenvalue weighted by Crippen LogP contribution is -2.10. The van der Waals surface area contributed by atoms with E-state index in [9.17, 15) is 13.2 Å². The maximum absolute atomic E-state index is 12.6. The van der Waals surface area contributed by atoms with Crippen LogP contribution in [0.15, 0.2) is 37.2 Å². The summed E-state index contributed by atoms with van der Waals surface area (Å²) in [4.78, 5) is 7.36. The van der Waals surface area contributed by atoms with Gasteiger partial charge in [-0.25, -0.2) is 4.98 Å². The maximum Gasteiger partial charge on any atom is 0.418 e. The van der Waals surface area contributed by atoms with Gasteiger partial charge in [0.05, 0.1) is 23.8 Å². The van der Waals surface area contributed by atoms with E-state index in [1.807, 2.05) is 0 Å². The molecular weight excluding hydrogens is 207 g/mol. The van der Waals surface area contributed by atoms with E-state index in [2.05, 4.69) is 9.97 Å². The monoisotopic (exact) mass is 213 g/mol. The Bertz CT molecular complexity index is 448. The molecule has 2 heterocycles. The summed E-state index contributed by atoms with van der Waals surface area (Å²) in [6.07, 6.45) is 2.03. The van der Waals surface area contributed by atoms with Crippen molar-refractivity contribution in [3.05, 3.63) is 42.7 Å². The summed E-state index contributed by atoms with van der Waals surface area (Å²) in [6.45, 7) is 0. The average molecular weight is 213 g/mol. The van der Waals surface area contributed by atoms with Crippen LogP contribution in [0.3, 0.4) is 0 Å². The second-order valence-corrected chi connectivity index (χ2v) is 2.86. The van der Waals surface area contributed by atoms with Gasteiger partial charge in [-0.05, 0) is 6.07 Å². The van der Waals surface area contributed by atoms with Gasteiger partial charge in [0.25, 0.3) is 0 Å². The van der Waals surface area contributed by atoms with Gasteiger partial charge in [0.15, 0.2) is 0 Å². The van der Waals surface area contributed by atoms with Gasteiger partial charge in [-0.2, -0.15) is 13.2 Å². The maximum atomic E-state index is 12.6. The third kappa shape index (κ3) is 1.83. The quantitative estimate of drug-likeness (QED) is 0.727. The van der Waals surface area contributed by atoms with E-state index < -0.39 is 11.7 Å². The van der Waals surface area contributed by atoms with Crippen LogP contribution in [0.5, 0.6) is 0 Å². The highest BCUT2D eigenvalue weighted by atomic mass is 19.4. The first-order chi connectivity index (χ1) is 7.09. The molecule has 6 heteroatoms. The van der Waals surface area contributed by atoms with Crippen LogP contribution >= 0.6 is 0 Å². The molecule has 78 valence electrons. The van der Waals surface area contributed by atoms with Crippen molar-refractivity contribution in [1.82, 2.24) is 14.5 Å². The third-order valence-corrected chi connectivity index (χ3v) is 1.89. The number of hydrogen-bond acceptors (Lipinski definition) is 2. The number of rotatable bonds is 1. The lowest BCUT2D eigenvalue weighted by molar-refractivity contribution is -0.137. The van der Waals surface area contributed by atoms with Gasteiger partial charge in [-0.3, -0.25) is 4.98 Å². The van der Waals surface area contributed by atoms with Crippen molar-refractivity contribution in [2.24, 2.45) is 0 Å². The summed E-state index contributed by atoms with van der Waals surface area (Å²) in [7, 11) is 0. The van der Waals surface area contributed by atoms with E-state index >= 15 is 0 Å². The molecule has 0 aliphatic rings. The van der Waals surface area contributed by atoms with Crippen LogP contribution in [0.1, 0.15) is 5.56 Å². The van der Waals surface area contributed by atoms with Crippen molar-refractivity contribution in [3.8, 4) is 5.69 Å². The summed E-state index contributed by atoms with van der Waals surface area (Å²) in [5.41, 5.74) is -0.752. The van der Waals surface area contributed by atoms with Crippen molar-refractivity contribution in [3.63, 3.8) is 0 Å². The number of pyridine rings is 1. The van der Waals surface area contributed by atoms with Gasteiger partial charge in [-0.1, -0.05) is 0 Å². The van der Waals surface area contributed by atoms with Crippen LogP contribution < -0.4 is 0 Å². The zero-order valence-electron chi connectivity index (χ0n) is 7.44. The van der Waals surface area contributed by atoms with Crippen LogP contribution in [0.4, 0.5) is 13.2 Å². The molecule has 0 aliphatic carbocycles. The summed E-state index contributed by atoms with van der Waals surface area (Å²) >= 11 is 0. The van der Waals surface area contributed by atoms with E-state index in [0.29, 0.717) is 0 Å². The minimum absolute atomic E-state index is 0.0255. The molecule has 0 atom stereocenters. The Morgan fingerprint density at radius 1 is 1.13 bits per heavy atom. The summed E-state index contributed by atoms with van der Waals surface area (Å²) in [6, 6.07) is 0.940. The Kier molecular flexibility index (Phi) is 2.18. The molecule has 0 saturated heterocycles. The molecule has 3 nitrogen and oxygen atoms in total. The molecule has 15 heavy (non-hydrogen) atoms. The van der Waals surface area contributed by atoms with Gasteiger partial charge in [0, 0.05) is 18.6 Å². The minimum atomic E-state index is -4.39. The molecule has 2 rings (SSSR count). The normalized spacial score (nSPS) is 11.7. The standard InChI is InChI=1S/C9H6F3N3/c10-9(11,12)7-1-2-13-5-8(7)15-4-3-14-6-15/h1-6H. The smallest absolute Gasteiger partial charge is 0.304 e. The highest BCUT2D eigenvalue weighted by Gasteiger charge is 2.33. The topological polar surface area (TPSA) is 30.7 Å². The van der Waals surface area contributed by atoms with Gasteiger partial charge in [0.2, 0.25) is 0 Å². The average Bonchev–Trinajstić information content (AvgIpc) is 2.69. The molecule has 0 aliphatic heterocycles. The molecule has 0 unspecified atom stereocenters. The van der Waals surface area contributed by atoms with Crippen LogP contribution in [-0.4, -0.2) is 14.5 Å². The molecule has 0 bridgehead atoms. The number of nitrogens with zero attached hydrogens (tertiary/aromatic N) is 3. The zero-order valence-corrected chi connectivity index (χ0v) is 7.44. The lowest BCUT2D eigenvalue weighted by Gasteiger charge is -2.11. The molecule has 2 aromatic rings. The summed E-state index contributed by atoms with van der Waals surface area (Å²) in [5.74, 6) is 0. The van der Waals surface area contributed by atoms with E-state index in [1.54, 1.807) is 0 Å². The summed E-state index contributed by atoms with van der Waals surface area (Å²) in [5, 5.41) is 0. The van der Waals surface area contributed by atoms with Gasteiger partial charge >= 0.3 is 6.18 Å². The third-order valence-electron chi connectivity index (χ3n) is 1.89. The molecule has 0 saturated carbocycles. The molecule has 0 amide bonds. The molecule has 0 aromatic carbocycles. The van der Waals surface area contributed by atoms with Crippen LogP contribution in [0.2, 0.25) is 0 Å². The Balaban J connectivity index is 2.58. The van der Waals surface area contributed by atoms with Crippen molar-refractivity contribution < 1.29 is 13.2 Å². The van der Waals surface area contributed by atoms with Gasteiger partial charge < -0.3 is 4.57 Å². The number of alkyl halides is 3. The molecule has 0 radical (unpaired) electrons. The first kappa shape index (κ1) is 9.70. The minimum Gasteiger partial charge on any atom is -0.304 e. The SMILES string of the molecule is FC(F)(F)c1ccncc1-n1ccnc1. The number of hydrogen-bond donors (Lipinski definition) is 0. The van der Waals surface area contributed by atoms with Gasteiger partial charge in [-0.15, -0.1) is 0 Å². The molecular formula is C9H6F3N3. The second-order valence-electron chi connectivity index (χ2n) is 2.86. The van der Waals surface area contributed by atoms with E-state index in [0.717, 1.165) is 18.5 Å². The lowest BCUT2D eigenvalue weighted by atomic mass is 10.2. The first-order valence-corrected chi connectivity index (χ1v) is 4.08. The molecule has 0 spiro atoms. The summed E-state index contributed by atoms with van der Waals surface area (Å²) < 4.78 is 39.0. The van der Waals surface area contributed by atoms with Crippen molar-refractivity contribution >= 4 is 0 Å². The second kappa shape index (κ2) is 3.38. The van der Waals surface area contributed by atoms with Gasteiger partial charge in [0.1, 0.15) is 0 Å². The predicted octanol–water partition coefficient (Wildman–Crippen LogP) is 2.29. The van der Waals surface area contributed by atoms with E-state index in [1.165, 1.54) is 23.3 Å². The van der Waals surface area contributed by atoms with E-state index in [-0.39, 0.29) is 5.69 Å². The predicted molar refractivity (Wildman–Crippen MR) is 46.4 cm³/mol. The highest BCUT2D eigenvalue weighted by molar-refractivity contribution is 5.40. The molecule has 0 fully saturated rings. The van der Waals surface area contributed by atoms with Crippen LogP contribution in [0, 0.1) is 0 Å². The molecule has 2 aromatic heterocycles. The van der Waals surface area contributed by atoms with Crippen LogP contribution in [0.25, 0.3) is 5.69 Å². The Labute approximate surface area is 83.2 Å². The van der Waals surface area contributed by atoms with Crippen molar-refractivity contribution in [2.75, 3.05) is 0 Å². The van der Waals surface area contributed by atoms with E-state index in [4.69, 9.17) is 0 Å². The fourth-order valence-corrected chi connectivity index (χ4v) is 1.23. The highest BCUT2D eigenvalue weighted by Crippen LogP contribution is 2.32. The number of imidazole rings is 1. The zero-order chi connectivity index (χ0) is 10.9. The number of halogens is 3. The number of aromatic nitrogens is 3.